The Kier molecular flexibility index (Phi) is 3.64. The Morgan fingerprint density at radius 2 is 2.00 bits per heavy atom. The van der Waals surface area contributed by atoms with E-state index >= 15 is 0 Å². The Bertz CT molecular complexity index is 664. The lowest BCUT2D eigenvalue weighted by Crippen LogP contribution is -2.17. The van der Waals surface area contributed by atoms with Crippen molar-refractivity contribution in [2.45, 2.75) is 45.4 Å². The van der Waals surface area contributed by atoms with Gasteiger partial charge in [0.05, 0.1) is 0 Å². The summed E-state index contributed by atoms with van der Waals surface area (Å²) in [6.07, 6.45) is 2.17. The number of rotatable bonds is 3. The lowest BCUT2D eigenvalue weighted by atomic mass is 9.98. The number of hydrogen-bond donors (Lipinski definition) is 2. The summed E-state index contributed by atoms with van der Waals surface area (Å²) in [5.41, 5.74) is 7.65. The normalized spacial score (nSPS) is 17.1. The highest BCUT2D eigenvalue weighted by molar-refractivity contribution is 5.49. The summed E-state index contributed by atoms with van der Waals surface area (Å²) < 4.78 is 0. The predicted molar refractivity (Wildman–Crippen MR) is 85.3 cm³/mol. The average Bonchev–Trinajstić information content (AvgIpc) is 2.89. The number of nitrogen functional groups attached to an aromatic ring is 1. The van der Waals surface area contributed by atoms with Crippen LogP contribution in [0.4, 0.5) is 5.82 Å². The van der Waals surface area contributed by atoms with Crippen LogP contribution in [0.2, 0.25) is 0 Å². The van der Waals surface area contributed by atoms with Crippen molar-refractivity contribution >= 4 is 5.82 Å². The van der Waals surface area contributed by atoms with Gasteiger partial charge < -0.3 is 5.43 Å². The largest absolute Gasteiger partial charge is 0.308 e. The molecule has 3 rings (SSSR count). The molecular weight excluding hydrogens is 260 g/mol. The van der Waals surface area contributed by atoms with E-state index in [2.05, 4.69) is 43.5 Å². The fourth-order valence-corrected chi connectivity index (χ4v) is 3.39. The highest BCUT2D eigenvalue weighted by Gasteiger charge is 2.27. The molecule has 0 saturated heterocycles. The number of nitrogens with zero attached hydrogens (tertiary/aromatic N) is 2. The third kappa shape index (κ3) is 2.40. The molecule has 0 fully saturated rings. The van der Waals surface area contributed by atoms with Crippen LogP contribution in [0.15, 0.2) is 24.3 Å². The minimum absolute atomic E-state index is 0.285. The molecule has 3 N–H and O–H groups in total. The number of benzene rings is 1. The maximum atomic E-state index is 5.68. The van der Waals surface area contributed by atoms with Crippen molar-refractivity contribution in [3.8, 4) is 0 Å². The topological polar surface area (TPSA) is 63.8 Å². The molecule has 0 aliphatic heterocycles. The zero-order chi connectivity index (χ0) is 15.0. The molecule has 0 radical (unpaired) electrons. The van der Waals surface area contributed by atoms with Gasteiger partial charge in [-0.1, -0.05) is 38.1 Å². The second kappa shape index (κ2) is 5.45. The Labute approximate surface area is 125 Å². The number of hydrogen-bond acceptors (Lipinski definition) is 4. The minimum Gasteiger partial charge on any atom is -0.308 e. The van der Waals surface area contributed by atoms with Gasteiger partial charge in [0.2, 0.25) is 0 Å². The summed E-state index contributed by atoms with van der Waals surface area (Å²) in [6, 6.07) is 8.58. The van der Waals surface area contributed by atoms with Crippen LogP contribution in [0.1, 0.15) is 60.3 Å². The van der Waals surface area contributed by atoms with Crippen molar-refractivity contribution in [2.24, 2.45) is 5.84 Å². The number of hydrazine groups is 1. The van der Waals surface area contributed by atoms with Crippen LogP contribution in [0.5, 0.6) is 0 Å². The first-order chi connectivity index (χ1) is 10.1. The molecule has 4 nitrogen and oxygen atoms in total. The maximum Gasteiger partial charge on any atom is 0.147 e. The maximum absolute atomic E-state index is 5.68. The van der Waals surface area contributed by atoms with E-state index in [0.717, 1.165) is 35.7 Å². The zero-order valence-electron chi connectivity index (χ0n) is 12.9. The standard InChI is InChI=1S/C17H22N4/c1-10(2)15-11(3)19-16(20-17(15)21-18)14-9-8-12-6-4-5-7-13(12)14/h4-7,10,14H,8-9,18H2,1-3H3,(H,19,20,21). The third-order valence-electron chi connectivity index (χ3n) is 4.31. The van der Waals surface area contributed by atoms with E-state index in [4.69, 9.17) is 15.8 Å². The van der Waals surface area contributed by atoms with Crippen molar-refractivity contribution in [3.05, 3.63) is 52.5 Å². The molecule has 0 amide bonds. The fraction of sp³-hybridized carbons (Fsp3) is 0.412. The summed E-state index contributed by atoms with van der Waals surface area (Å²) in [7, 11) is 0. The third-order valence-corrected chi connectivity index (χ3v) is 4.31. The SMILES string of the molecule is Cc1nc(C2CCc3ccccc32)nc(NN)c1C(C)C. The molecule has 0 saturated carbocycles. The van der Waals surface area contributed by atoms with E-state index in [1.165, 1.54) is 11.1 Å². The molecule has 1 aliphatic rings. The van der Waals surface area contributed by atoms with Crippen LogP contribution in [0, 0.1) is 6.92 Å². The molecule has 4 heteroatoms. The molecule has 1 aromatic carbocycles. The molecule has 110 valence electrons. The average molecular weight is 282 g/mol. The van der Waals surface area contributed by atoms with Crippen LogP contribution in [0.3, 0.4) is 0 Å². The van der Waals surface area contributed by atoms with Crippen molar-refractivity contribution in [3.63, 3.8) is 0 Å². The molecule has 21 heavy (non-hydrogen) atoms. The van der Waals surface area contributed by atoms with Gasteiger partial charge in [-0.25, -0.2) is 15.8 Å². The van der Waals surface area contributed by atoms with Crippen molar-refractivity contribution in [2.75, 3.05) is 5.43 Å². The Morgan fingerprint density at radius 1 is 1.24 bits per heavy atom. The van der Waals surface area contributed by atoms with Gasteiger partial charge in [-0.05, 0) is 36.8 Å². The van der Waals surface area contributed by atoms with Crippen LogP contribution in [-0.4, -0.2) is 9.97 Å². The molecule has 1 unspecified atom stereocenters. The summed E-state index contributed by atoms with van der Waals surface area (Å²) in [5.74, 6) is 7.96. The summed E-state index contributed by atoms with van der Waals surface area (Å²) >= 11 is 0. The van der Waals surface area contributed by atoms with E-state index < -0.39 is 0 Å². The molecule has 2 aromatic rings. The number of fused-ring (bicyclic) bond motifs is 1. The Morgan fingerprint density at radius 3 is 2.71 bits per heavy atom. The molecule has 1 atom stereocenters. The van der Waals surface area contributed by atoms with Gasteiger partial charge in [0.25, 0.3) is 0 Å². The molecular formula is C17H22N4. The van der Waals surface area contributed by atoms with Crippen molar-refractivity contribution in [1.82, 2.24) is 9.97 Å². The molecule has 0 spiro atoms. The van der Waals surface area contributed by atoms with Gasteiger partial charge in [0.1, 0.15) is 11.6 Å². The zero-order valence-corrected chi connectivity index (χ0v) is 12.9. The number of nitrogens with one attached hydrogen (secondary N) is 1. The number of aryl methyl sites for hydroxylation is 2. The summed E-state index contributed by atoms with van der Waals surface area (Å²) in [6.45, 7) is 6.32. The number of aromatic nitrogens is 2. The van der Waals surface area contributed by atoms with Gasteiger partial charge in [-0.3, -0.25) is 0 Å². The minimum atomic E-state index is 0.285. The molecule has 1 aromatic heterocycles. The van der Waals surface area contributed by atoms with Crippen LogP contribution >= 0.6 is 0 Å². The smallest absolute Gasteiger partial charge is 0.147 e. The van der Waals surface area contributed by atoms with Crippen molar-refractivity contribution in [1.29, 1.82) is 0 Å². The van der Waals surface area contributed by atoms with E-state index in [1.54, 1.807) is 0 Å². The highest BCUT2D eigenvalue weighted by Crippen LogP contribution is 2.37. The second-order valence-corrected chi connectivity index (χ2v) is 6.02. The Hall–Kier alpha value is -1.94. The van der Waals surface area contributed by atoms with Crippen LogP contribution < -0.4 is 11.3 Å². The quantitative estimate of drug-likeness (QED) is 0.670. The first-order valence-electron chi connectivity index (χ1n) is 7.54. The van der Waals surface area contributed by atoms with Gasteiger partial charge in [0.15, 0.2) is 0 Å². The predicted octanol–water partition coefficient (Wildman–Crippen LogP) is 3.27. The van der Waals surface area contributed by atoms with E-state index in [-0.39, 0.29) is 5.92 Å². The van der Waals surface area contributed by atoms with E-state index in [9.17, 15) is 0 Å². The first-order valence-corrected chi connectivity index (χ1v) is 7.54. The van der Waals surface area contributed by atoms with Gasteiger partial charge in [0, 0.05) is 17.2 Å². The van der Waals surface area contributed by atoms with E-state index in [1.807, 2.05) is 6.92 Å². The number of nitrogens with two attached hydrogens (primary N) is 1. The fourth-order valence-electron chi connectivity index (χ4n) is 3.39. The monoisotopic (exact) mass is 282 g/mol. The van der Waals surface area contributed by atoms with Crippen LogP contribution in [0.25, 0.3) is 0 Å². The molecule has 0 bridgehead atoms. The molecule has 1 heterocycles. The second-order valence-electron chi connectivity index (χ2n) is 6.02. The lowest BCUT2D eigenvalue weighted by molar-refractivity contribution is 0.712. The highest BCUT2D eigenvalue weighted by atomic mass is 15.3. The van der Waals surface area contributed by atoms with Gasteiger partial charge in [-0.2, -0.15) is 0 Å². The Balaban J connectivity index is 2.07. The molecule has 1 aliphatic carbocycles. The van der Waals surface area contributed by atoms with Gasteiger partial charge in [-0.15, -0.1) is 0 Å². The summed E-state index contributed by atoms with van der Waals surface area (Å²) in [5, 5.41) is 0. The van der Waals surface area contributed by atoms with E-state index in [0.29, 0.717) is 5.92 Å². The first kappa shape index (κ1) is 14.0. The lowest BCUT2D eigenvalue weighted by Gasteiger charge is -2.18. The number of anilines is 1. The van der Waals surface area contributed by atoms with Crippen LogP contribution in [-0.2, 0) is 6.42 Å². The van der Waals surface area contributed by atoms with Gasteiger partial charge >= 0.3 is 0 Å². The van der Waals surface area contributed by atoms with Crippen molar-refractivity contribution < 1.29 is 0 Å². The summed E-state index contributed by atoms with van der Waals surface area (Å²) in [4.78, 5) is 9.48.